The molecule has 0 saturated heterocycles. The van der Waals surface area contributed by atoms with Crippen LogP contribution in [0.5, 0.6) is 0 Å². The minimum absolute atomic E-state index is 0.295. The lowest BCUT2D eigenvalue weighted by atomic mass is 10.3. The Kier molecular flexibility index (Phi) is 2.89. The van der Waals surface area contributed by atoms with E-state index in [4.69, 9.17) is 11.0 Å². The van der Waals surface area contributed by atoms with Crippen LogP contribution in [0.2, 0.25) is 0 Å². The van der Waals surface area contributed by atoms with E-state index in [0.29, 0.717) is 18.1 Å². The van der Waals surface area contributed by atoms with Gasteiger partial charge in [-0.15, -0.1) is 11.3 Å². The monoisotopic (exact) mass is 269 g/mol. The molecule has 0 aliphatic heterocycles. The lowest BCUT2D eigenvalue weighted by molar-refractivity contribution is 0.778. The van der Waals surface area contributed by atoms with E-state index in [1.165, 1.54) is 11.3 Å². The summed E-state index contributed by atoms with van der Waals surface area (Å²) in [7, 11) is 0. The summed E-state index contributed by atoms with van der Waals surface area (Å²) in [6, 6.07) is 10.0. The van der Waals surface area contributed by atoms with Crippen LogP contribution in [-0.4, -0.2) is 14.5 Å². The predicted octanol–water partition coefficient (Wildman–Crippen LogP) is 2.19. The highest BCUT2D eigenvalue weighted by Gasteiger charge is 2.11. The highest BCUT2D eigenvalue weighted by Crippen LogP contribution is 2.21. The van der Waals surface area contributed by atoms with Crippen LogP contribution in [0, 0.1) is 11.3 Å². The smallest absolute Gasteiger partial charge is 0.180 e. The fraction of sp³-hybridized carbons (Fsp3) is 0.154. The summed E-state index contributed by atoms with van der Waals surface area (Å²) in [6.07, 6.45) is 2.06. The molecule has 1 aromatic carbocycles. The molecular formula is C13H11N5S. The highest BCUT2D eigenvalue weighted by molar-refractivity contribution is 7.15. The number of nitrogen functional groups attached to an aromatic ring is 1. The van der Waals surface area contributed by atoms with Crippen molar-refractivity contribution in [1.29, 1.82) is 5.26 Å². The number of nitrogens with zero attached hydrogens (tertiary/aromatic N) is 4. The molecule has 2 aromatic heterocycles. The lowest BCUT2D eigenvalue weighted by Crippen LogP contribution is -2.03. The number of hydrogen-bond acceptors (Lipinski definition) is 5. The SMILES string of the molecule is N#CCc1nc2ccccc2n1Cc1cnc(N)s1. The molecule has 3 aromatic rings. The van der Waals surface area contributed by atoms with Crippen LogP contribution < -0.4 is 5.73 Å². The molecule has 0 bridgehead atoms. The van der Waals surface area contributed by atoms with Crippen molar-refractivity contribution >= 4 is 27.5 Å². The molecule has 2 heterocycles. The number of imidazole rings is 1. The third kappa shape index (κ3) is 2.16. The number of anilines is 1. The highest BCUT2D eigenvalue weighted by atomic mass is 32.1. The van der Waals surface area contributed by atoms with Crippen molar-refractivity contribution in [2.45, 2.75) is 13.0 Å². The van der Waals surface area contributed by atoms with E-state index >= 15 is 0 Å². The van der Waals surface area contributed by atoms with E-state index in [2.05, 4.69) is 16.0 Å². The summed E-state index contributed by atoms with van der Waals surface area (Å²) < 4.78 is 2.05. The molecule has 2 N–H and O–H groups in total. The maximum atomic E-state index is 8.91. The first-order valence-electron chi connectivity index (χ1n) is 5.79. The maximum absolute atomic E-state index is 8.91. The van der Waals surface area contributed by atoms with Gasteiger partial charge in [-0.3, -0.25) is 0 Å². The Morgan fingerprint density at radius 3 is 2.95 bits per heavy atom. The zero-order valence-corrected chi connectivity index (χ0v) is 10.9. The van der Waals surface area contributed by atoms with E-state index in [0.717, 1.165) is 21.7 Å². The van der Waals surface area contributed by atoms with E-state index in [1.54, 1.807) is 6.20 Å². The van der Waals surface area contributed by atoms with Crippen LogP contribution in [0.15, 0.2) is 30.5 Å². The van der Waals surface area contributed by atoms with Crippen molar-refractivity contribution in [2.75, 3.05) is 5.73 Å². The molecule has 0 spiro atoms. The number of nitriles is 1. The van der Waals surface area contributed by atoms with Crippen molar-refractivity contribution in [3.63, 3.8) is 0 Å². The molecule has 94 valence electrons. The molecule has 0 aliphatic carbocycles. The largest absolute Gasteiger partial charge is 0.375 e. The van der Waals surface area contributed by atoms with E-state index in [-0.39, 0.29) is 0 Å². The second kappa shape index (κ2) is 4.71. The van der Waals surface area contributed by atoms with Crippen molar-refractivity contribution in [3.8, 4) is 6.07 Å². The molecule has 0 unspecified atom stereocenters. The first-order chi connectivity index (χ1) is 9.28. The quantitative estimate of drug-likeness (QED) is 0.790. The van der Waals surface area contributed by atoms with Crippen molar-refractivity contribution < 1.29 is 0 Å². The summed E-state index contributed by atoms with van der Waals surface area (Å²) in [6.45, 7) is 0.645. The Morgan fingerprint density at radius 1 is 1.37 bits per heavy atom. The summed E-state index contributed by atoms with van der Waals surface area (Å²) in [5.41, 5.74) is 7.58. The van der Waals surface area contributed by atoms with Gasteiger partial charge in [-0.05, 0) is 12.1 Å². The molecular weight excluding hydrogens is 258 g/mol. The molecule has 19 heavy (non-hydrogen) atoms. The van der Waals surface area contributed by atoms with Crippen LogP contribution in [-0.2, 0) is 13.0 Å². The molecule has 0 saturated carbocycles. The molecule has 0 atom stereocenters. The normalized spacial score (nSPS) is 10.7. The summed E-state index contributed by atoms with van der Waals surface area (Å²) in [5.74, 6) is 0.774. The number of rotatable bonds is 3. The summed E-state index contributed by atoms with van der Waals surface area (Å²) in [4.78, 5) is 9.60. The standard InChI is InChI=1S/C13H11N5S/c14-6-5-12-17-10-3-1-2-4-11(10)18(12)8-9-7-16-13(15)19-9/h1-4,7H,5,8H2,(H2,15,16). The molecule has 0 aliphatic rings. The first-order valence-corrected chi connectivity index (χ1v) is 6.61. The zero-order valence-electron chi connectivity index (χ0n) is 10.1. The predicted molar refractivity (Wildman–Crippen MR) is 74.7 cm³/mol. The summed E-state index contributed by atoms with van der Waals surface area (Å²) in [5, 5.41) is 9.46. The average Bonchev–Trinajstić information content (AvgIpc) is 2.96. The van der Waals surface area contributed by atoms with Gasteiger partial charge < -0.3 is 10.3 Å². The van der Waals surface area contributed by atoms with E-state index in [9.17, 15) is 0 Å². The number of nitrogens with two attached hydrogens (primary N) is 1. The molecule has 3 rings (SSSR count). The molecule has 0 amide bonds. The van der Waals surface area contributed by atoms with E-state index < -0.39 is 0 Å². The van der Waals surface area contributed by atoms with Crippen molar-refractivity contribution in [2.24, 2.45) is 0 Å². The minimum Gasteiger partial charge on any atom is -0.375 e. The fourth-order valence-corrected chi connectivity index (χ4v) is 2.73. The fourth-order valence-electron chi connectivity index (χ4n) is 2.06. The van der Waals surface area contributed by atoms with Crippen LogP contribution in [0.3, 0.4) is 0 Å². The van der Waals surface area contributed by atoms with Gasteiger partial charge in [-0.25, -0.2) is 9.97 Å². The number of hydrogen-bond donors (Lipinski definition) is 1. The Bertz CT molecular complexity index is 765. The number of para-hydroxylation sites is 2. The van der Waals surface area contributed by atoms with Gasteiger partial charge in [-0.2, -0.15) is 5.26 Å². The Labute approximate surface area is 113 Å². The third-order valence-electron chi connectivity index (χ3n) is 2.86. The third-order valence-corrected chi connectivity index (χ3v) is 3.67. The lowest BCUT2D eigenvalue weighted by Gasteiger charge is -2.05. The van der Waals surface area contributed by atoms with Crippen LogP contribution in [0.4, 0.5) is 5.13 Å². The molecule has 0 fully saturated rings. The number of fused-ring (bicyclic) bond motifs is 1. The van der Waals surface area contributed by atoms with Gasteiger partial charge >= 0.3 is 0 Å². The average molecular weight is 269 g/mol. The van der Waals surface area contributed by atoms with Gasteiger partial charge in [0.05, 0.1) is 30.1 Å². The molecule has 0 radical (unpaired) electrons. The Hall–Kier alpha value is -2.39. The maximum Gasteiger partial charge on any atom is 0.180 e. The molecule has 5 nitrogen and oxygen atoms in total. The van der Waals surface area contributed by atoms with Crippen LogP contribution in [0.1, 0.15) is 10.7 Å². The first kappa shape index (κ1) is 11.7. The van der Waals surface area contributed by atoms with E-state index in [1.807, 2.05) is 28.8 Å². The Morgan fingerprint density at radius 2 is 2.21 bits per heavy atom. The van der Waals surface area contributed by atoms with Crippen molar-refractivity contribution in [3.05, 3.63) is 41.2 Å². The second-order valence-electron chi connectivity index (χ2n) is 4.10. The topological polar surface area (TPSA) is 80.5 Å². The summed E-state index contributed by atoms with van der Waals surface area (Å²) >= 11 is 1.46. The van der Waals surface area contributed by atoms with Gasteiger partial charge in [0.1, 0.15) is 5.82 Å². The second-order valence-corrected chi connectivity index (χ2v) is 5.25. The van der Waals surface area contributed by atoms with Gasteiger partial charge in [0, 0.05) is 11.1 Å². The zero-order chi connectivity index (χ0) is 13.2. The van der Waals surface area contributed by atoms with Crippen molar-refractivity contribution in [1.82, 2.24) is 14.5 Å². The number of thiazole rings is 1. The van der Waals surface area contributed by atoms with Gasteiger partial charge in [0.15, 0.2) is 5.13 Å². The van der Waals surface area contributed by atoms with Gasteiger partial charge in [0.2, 0.25) is 0 Å². The number of benzene rings is 1. The minimum atomic E-state index is 0.295. The van der Waals surface area contributed by atoms with Crippen LogP contribution >= 0.6 is 11.3 Å². The van der Waals surface area contributed by atoms with Gasteiger partial charge in [-0.1, -0.05) is 12.1 Å². The number of aromatic nitrogens is 3. The molecule has 6 heteroatoms. The van der Waals surface area contributed by atoms with Gasteiger partial charge in [0.25, 0.3) is 0 Å². The van der Waals surface area contributed by atoms with Crippen LogP contribution in [0.25, 0.3) is 11.0 Å². The Balaban J connectivity index is 2.09.